The Hall–Kier alpha value is -2.69. The molecular formula is C16H15N3O2. The molecule has 1 aromatic carbocycles. The van der Waals surface area contributed by atoms with Crippen molar-refractivity contribution >= 4 is 16.9 Å². The van der Waals surface area contributed by atoms with Crippen molar-refractivity contribution in [3.05, 3.63) is 59.8 Å². The molecular weight excluding hydrogens is 266 g/mol. The van der Waals surface area contributed by atoms with Gasteiger partial charge in [0.15, 0.2) is 0 Å². The number of ether oxygens (including phenoxy) is 1. The molecule has 0 N–H and O–H groups in total. The number of fused-ring (bicyclic) bond motifs is 1. The third kappa shape index (κ3) is 2.76. The molecule has 0 unspecified atom stereocenters. The molecule has 21 heavy (non-hydrogen) atoms. The minimum absolute atomic E-state index is 0.159. The van der Waals surface area contributed by atoms with E-state index in [0.717, 1.165) is 16.6 Å². The number of pyridine rings is 1. The predicted molar refractivity (Wildman–Crippen MR) is 78.8 cm³/mol. The number of rotatable bonds is 3. The zero-order chi connectivity index (χ0) is 14.8. The van der Waals surface area contributed by atoms with Crippen molar-refractivity contribution in [3.63, 3.8) is 0 Å². The first-order chi connectivity index (χ1) is 10.1. The molecule has 5 nitrogen and oxygen atoms in total. The van der Waals surface area contributed by atoms with Crippen LogP contribution in [-0.4, -0.2) is 20.5 Å². The molecule has 0 aliphatic heterocycles. The predicted octanol–water partition coefficient (Wildman–Crippen LogP) is 2.63. The molecule has 5 heteroatoms. The maximum Gasteiger partial charge on any atom is 0.338 e. The number of hydrogen-bond acceptors (Lipinski definition) is 4. The zero-order valence-electron chi connectivity index (χ0n) is 11.9. The van der Waals surface area contributed by atoms with E-state index in [1.807, 2.05) is 42.9 Å². The second-order valence-electron chi connectivity index (χ2n) is 4.89. The van der Waals surface area contributed by atoms with E-state index in [4.69, 9.17) is 4.74 Å². The fraction of sp³-hybridized carbons (Fsp3) is 0.188. The fourth-order valence-corrected chi connectivity index (χ4v) is 2.10. The van der Waals surface area contributed by atoms with Gasteiger partial charge in [-0.1, -0.05) is 6.07 Å². The van der Waals surface area contributed by atoms with Gasteiger partial charge in [-0.25, -0.2) is 9.78 Å². The van der Waals surface area contributed by atoms with E-state index in [9.17, 15) is 4.79 Å². The third-order valence-corrected chi connectivity index (χ3v) is 3.32. The standard InChI is InChI=1S/C16H15N3O2/c1-11-3-4-12-9-13(5-6-14(12)18-11)16(20)21-10-15-17-7-8-19(15)2/h3-9H,10H2,1-2H3. The summed E-state index contributed by atoms with van der Waals surface area (Å²) < 4.78 is 7.10. The second-order valence-corrected chi connectivity index (χ2v) is 4.89. The van der Waals surface area contributed by atoms with E-state index < -0.39 is 0 Å². The van der Waals surface area contributed by atoms with Crippen LogP contribution in [0.1, 0.15) is 21.9 Å². The Morgan fingerprint density at radius 1 is 1.29 bits per heavy atom. The van der Waals surface area contributed by atoms with Crippen LogP contribution in [0.4, 0.5) is 0 Å². The van der Waals surface area contributed by atoms with Gasteiger partial charge in [-0.05, 0) is 31.2 Å². The minimum atomic E-state index is -0.361. The van der Waals surface area contributed by atoms with Gasteiger partial charge in [-0.3, -0.25) is 4.98 Å². The first-order valence-corrected chi connectivity index (χ1v) is 6.64. The number of carbonyl (C=O) groups excluding carboxylic acids is 1. The molecule has 0 atom stereocenters. The quantitative estimate of drug-likeness (QED) is 0.692. The van der Waals surface area contributed by atoms with Crippen LogP contribution in [0, 0.1) is 6.92 Å². The molecule has 3 aromatic rings. The SMILES string of the molecule is Cc1ccc2cc(C(=O)OCc3nccn3C)ccc2n1. The van der Waals surface area contributed by atoms with Crippen LogP contribution in [0.3, 0.4) is 0 Å². The number of benzene rings is 1. The zero-order valence-corrected chi connectivity index (χ0v) is 11.9. The molecule has 0 amide bonds. The first kappa shape index (κ1) is 13.3. The smallest absolute Gasteiger partial charge is 0.338 e. The van der Waals surface area contributed by atoms with Crippen molar-refractivity contribution in [1.82, 2.24) is 14.5 Å². The van der Waals surface area contributed by atoms with Gasteiger partial charge in [-0.2, -0.15) is 0 Å². The van der Waals surface area contributed by atoms with E-state index in [1.54, 1.807) is 18.3 Å². The van der Waals surface area contributed by atoms with Crippen LogP contribution in [0.5, 0.6) is 0 Å². The summed E-state index contributed by atoms with van der Waals surface area (Å²) in [4.78, 5) is 20.6. The van der Waals surface area contributed by atoms with E-state index in [0.29, 0.717) is 11.4 Å². The van der Waals surface area contributed by atoms with Gasteiger partial charge >= 0.3 is 5.97 Å². The van der Waals surface area contributed by atoms with Crippen LogP contribution in [0.2, 0.25) is 0 Å². The van der Waals surface area contributed by atoms with Crippen LogP contribution >= 0.6 is 0 Å². The minimum Gasteiger partial charge on any atom is -0.454 e. The Balaban J connectivity index is 1.78. The maximum absolute atomic E-state index is 12.1. The summed E-state index contributed by atoms with van der Waals surface area (Å²) in [6.07, 6.45) is 3.49. The normalized spacial score (nSPS) is 10.8. The molecule has 0 spiro atoms. The van der Waals surface area contributed by atoms with Crippen molar-refractivity contribution in [3.8, 4) is 0 Å². The number of esters is 1. The molecule has 0 aliphatic rings. The van der Waals surface area contributed by atoms with Gasteiger partial charge in [0, 0.05) is 30.5 Å². The van der Waals surface area contributed by atoms with Crippen molar-refractivity contribution in [2.24, 2.45) is 7.05 Å². The van der Waals surface area contributed by atoms with Gasteiger partial charge in [0.1, 0.15) is 12.4 Å². The van der Waals surface area contributed by atoms with Crippen LogP contribution in [0.25, 0.3) is 10.9 Å². The van der Waals surface area contributed by atoms with Crippen molar-refractivity contribution in [2.45, 2.75) is 13.5 Å². The third-order valence-electron chi connectivity index (χ3n) is 3.32. The number of nitrogens with zero attached hydrogens (tertiary/aromatic N) is 3. The Labute approximate surface area is 122 Å². The van der Waals surface area contributed by atoms with Crippen molar-refractivity contribution < 1.29 is 9.53 Å². The van der Waals surface area contributed by atoms with E-state index >= 15 is 0 Å². The van der Waals surface area contributed by atoms with Crippen LogP contribution in [0.15, 0.2) is 42.7 Å². The number of aromatic nitrogens is 3. The average Bonchev–Trinajstić information content (AvgIpc) is 2.89. The lowest BCUT2D eigenvalue weighted by Gasteiger charge is -2.06. The molecule has 106 valence electrons. The highest BCUT2D eigenvalue weighted by Crippen LogP contribution is 2.16. The summed E-state index contributed by atoms with van der Waals surface area (Å²) in [7, 11) is 1.86. The first-order valence-electron chi connectivity index (χ1n) is 6.64. The Kier molecular flexibility index (Phi) is 3.39. The number of imidazole rings is 1. The lowest BCUT2D eigenvalue weighted by Crippen LogP contribution is -2.08. The summed E-state index contributed by atoms with van der Waals surface area (Å²) in [6, 6.07) is 9.23. The molecule has 0 saturated heterocycles. The van der Waals surface area contributed by atoms with Crippen LogP contribution in [-0.2, 0) is 18.4 Å². The molecule has 0 bridgehead atoms. The lowest BCUT2D eigenvalue weighted by atomic mass is 10.1. The average molecular weight is 281 g/mol. The summed E-state index contributed by atoms with van der Waals surface area (Å²) in [5.74, 6) is 0.349. The van der Waals surface area contributed by atoms with Gasteiger partial charge < -0.3 is 9.30 Å². The number of carbonyl (C=O) groups is 1. The summed E-state index contributed by atoms with van der Waals surface area (Å²) in [5.41, 5.74) is 2.34. The van der Waals surface area contributed by atoms with Gasteiger partial charge in [0.2, 0.25) is 0 Å². The molecule has 0 radical (unpaired) electrons. The molecule has 0 saturated carbocycles. The van der Waals surface area contributed by atoms with Crippen molar-refractivity contribution in [1.29, 1.82) is 0 Å². The highest BCUT2D eigenvalue weighted by Gasteiger charge is 2.10. The topological polar surface area (TPSA) is 57.0 Å². The molecule has 3 rings (SSSR count). The Morgan fingerprint density at radius 2 is 2.14 bits per heavy atom. The van der Waals surface area contributed by atoms with E-state index in [-0.39, 0.29) is 12.6 Å². The summed E-state index contributed by atoms with van der Waals surface area (Å²) in [6.45, 7) is 2.10. The number of hydrogen-bond donors (Lipinski definition) is 0. The monoisotopic (exact) mass is 281 g/mol. The van der Waals surface area contributed by atoms with Crippen molar-refractivity contribution in [2.75, 3.05) is 0 Å². The molecule has 2 aromatic heterocycles. The maximum atomic E-state index is 12.1. The van der Waals surface area contributed by atoms with Crippen LogP contribution < -0.4 is 0 Å². The summed E-state index contributed by atoms with van der Waals surface area (Å²) >= 11 is 0. The Morgan fingerprint density at radius 3 is 2.90 bits per heavy atom. The molecule has 2 heterocycles. The Bertz CT molecular complexity index is 808. The highest BCUT2D eigenvalue weighted by molar-refractivity contribution is 5.94. The lowest BCUT2D eigenvalue weighted by molar-refractivity contribution is 0.0459. The van der Waals surface area contributed by atoms with E-state index in [1.165, 1.54) is 0 Å². The summed E-state index contributed by atoms with van der Waals surface area (Å²) in [5, 5.41) is 0.923. The largest absolute Gasteiger partial charge is 0.454 e. The fourth-order valence-electron chi connectivity index (χ4n) is 2.10. The molecule has 0 fully saturated rings. The highest BCUT2D eigenvalue weighted by atomic mass is 16.5. The number of aryl methyl sites for hydroxylation is 2. The van der Waals surface area contributed by atoms with Gasteiger partial charge in [0.05, 0.1) is 11.1 Å². The van der Waals surface area contributed by atoms with Gasteiger partial charge in [-0.15, -0.1) is 0 Å². The molecule has 0 aliphatic carbocycles. The van der Waals surface area contributed by atoms with E-state index in [2.05, 4.69) is 9.97 Å². The second kappa shape index (κ2) is 5.36. The van der Waals surface area contributed by atoms with Gasteiger partial charge in [0.25, 0.3) is 0 Å².